The summed E-state index contributed by atoms with van der Waals surface area (Å²) in [6, 6.07) is 39.2. The van der Waals surface area contributed by atoms with Crippen LogP contribution in [0.4, 0.5) is 0 Å². The minimum atomic E-state index is 0. The largest absolute Gasteiger partial charge is 0.785 e. The second-order valence-corrected chi connectivity index (χ2v) is 10.4. The van der Waals surface area contributed by atoms with Crippen LogP contribution in [-0.4, -0.2) is 0 Å². The van der Waals surface area contributed by atoms with Gasteiger partial charge in [0.05, 0.1) is 0 Å². The quantitative estimate of drug-likeness (QED) is 0.169. The van der Waals surface area contributed by atoms with Crippen molar-refractivity contribution >= 4 is 60.3 Å². The van der Waals surface area contributed by atoms with E-state index in [2.05, 4.69) is 54.6 Å². The van der Waals surface area contributed by atoms with Gasteiger partial charge in [0, 0.05) is 22.4 Å². The molecular formula is C32H26NiS4-4. The van der Waals surface area contributed by atoms with Gasteiger partial charge < -0.3 is 50.5 Å². The normalized spacial score (nSPS) is 14.9. The molecule has 0 aliphatic heterocycles. The Labute approximate surface area is 253 Å². The molecule has 0 fully saturated rings. The molecule has 1 unspecified atom stereocenters. The molecular weight excluding hydrogens is 571 g/mol. The van der Waals surface area contributed by atoms with Crippen molar-refractivity contribution < 1.29 is 16.5 Å². The van der Waals surface area contributed by atoms with Crippen LogP contribution in [0.15, 0.2) is 125 Å². The van der Waals surface area contributed by atoms with Gasteiger partial charge in [-0.15, -0.1) is 0 Å². The van der Waals surface area contributed by atoms with E-state index in [1.54, 1.807) is 0 Å². The minimum absolute atomic E-state index is 0. The summed E-state index contributed by atoms with van der Waals surface area (Å²) in [5, 5.41) is 0. The van der Waals surface area contributed by atoms with E-state index in [9.17, 15) is 0 Å². The smallest absolute Gasteiger partial charge is 0.0115 e. The van der Waals surface area contributed by atoms with Gasteiger partial charge in [-0.25, -0.2) is 9.81 Å². The Kier molecular flexibility index (Phi) is 11.6. The van der Waals surface area contributed by atoms with Crippen LogP contribution >= 0.6 is 0 Å². The van der Waals surface area contributed by atoms with Gasteiger partial charge in [-0.2, -0.15) is 9.81 Å². The molecule has 0 bridgehead atoms. The Balaban J connectivity index is 0.000000200. The maximum absolute atomic E-state index is 5.44. The summed E-state index contributed by atoms with van der Waals surface area (Å²) in [7, 11) is 0. The van der Waals surface area contributed by atoms with Crippen molar-refractivity contribution in [3.8, 4) is 0 Å². The molecule has 192 valence electrons. The zero-order valence-electron chi connectivity index (χ0n) is 20.1. The Hall–Kier alpha value is -2.27. The molecule has 1 aliphatic carbocycles. The number of rotatable bonds is 5. The third-order valence-corrected chi connectivity index (χ3v) is 8.18. The summed E-state index contributed by atoms with van der Waals surface area (Å²) in [6.45, 7) is 0. The fraction of sp³-hybridized carbons (Fsp3) is 0.125. The van der Waals surface area contributed by atoms with Crippen LogP contribution in [0, 0.1) is 0 Å². The standard InChI is InChI=1S/C16H14S2.C16H16S2.Ni/c17-15-10-14(11-6-2-1-3-7-11)12-8-4-5-9-13(12)16(15)18;17-15(12-11-13-7-3-1-4-8-13)16(18)14-9-5-2-6-10-14;/h1-9,14,17-18H,10H2;1-10,17-18H,11-12H2;/p-4/b;16-15-;. The summed E-state index contributed by atoms with van der Waals surface area (Å²) < 4.78 is 0. The van der Waals surface area contributed by atoms with Gasteiger partial charge in [0.1, 0.15) is 0 Å². The van der Waals surface area contributed by atoms with Gasteiger partial charge in [0.2, 0.25) is 0 Å². The van der Waals surface area contributed by atoms with Crippen LogP contribution in [0.2, 0.25) is 0 Å². The summed E-state index contributed by atoms with van der Waals surface area (Å²) in [6.07, 6.45) is 2.65. The van der Waals surface area contributed by atoms with Crippen molar-refractivity contribution in [3.05, 3.63) is 153 Å². The molecule has 5 heteroatoms. The monoisotopic (exact) mass is 596 g/mol. The average Bonchev–Trinajstić information content (AvgIpc) is 2.95. The van der Waals surface area contributed by atoms with E-state index in [0.717, 1.165) is 50.0 Å². The van der Waals surface area contributed by atoms with Gasteiger partial charge in [-0.3, -0.25) is 0 Å². The van der Waals surface area contributed by atoms with E-state index in [4.69, 9.17) is 50.5 Å². The summed E-state index contributed by atoms with van der Waals surface area (Å²) in [4.78, 5) is 3.45. The third-order valence-electron chi connectivity index (χ3n) is 6.20. The third kappa shape index (κ3) is 7.86. The van der Waals surface area contributed by atoms with Gasteiger partial charge >= 0.3 is 0 Å². The Bertz CT molecular complexity index is 1320. The van der Waals surface area contributed by atoms with Gasteiger partial charge in [-0.05, 0) is 40.7 Å². The van der Waals surface area contributed by atoms with Crippen molar-refractivity contribution in [2.45, 2.75) is 25.2 Å². The van der Waals surface area contributed by atoms with E-state index in [-0.39, 0.29) is 16.5 Å². The average molecular weight is 598 g/mol. The minimum Gasteiger partial charge on any atom is -0.785 e. The molecule has 0 radical (unpaired) electrons. The molecule has 0 saturated heterocycles. The second kappa shape index (κ2) is 14.6. The fourth-order valence-electron chi connectivity index (χ4n) is 4.30. The van der Waals surface area contributed by atoms with Crippen LogP contribution in [0.5, 0.6) is 0 Å². The van der Waals surface area contributed by atoms with Crippen LogP contribution in [0.1, 0.15) is 46.6 Å². The zero-order valence-corrected chi connectivity index (χ0v) is 24.4. The zero-order chi connectivity index (χ0) is 25.3. The maximum atomic E-state index is 5.44. The molecule has 0 spiro atoms. The van der Waals surface area contributed by atoms with Gasteiger partial charge in [0.25, 0.3) is 0 Å². The molecule has 4 aromatic rings. The number of allylic oxidation sites excluding steroid dienone is 2. The van der Waals surface area contributed by atoms with Crippen LogP contribution in [0.25, 0.3) is 9.81 Å². The number of aryl methyl sites for hydroxylation is 1. The first-order valence-electron chi connectivity index (χ1n) is 11.9. The predicted octanol–water partition coefficient (Wildman–Crippen LogP) is 8.06. The summed E-state index contributed by atoms with van der Waals surface area (Å²) in [5.41, 5.74) is 6.11. The van der Waals surface area contributed by atoms with Crippen LogP contribution in [0.3, 0.4) is 0 Å². The van der Waals surface area contributed by atoms with Crippen molar-refractivity contribution in [2.75, 3.05) is 0 Å². The molecule has 1 aliphatic rings. The fourth-order valence-corrected chi connectivity index (χ4v) is 5.30. The van der Waals surface area contributed by atoms with Crippen molar-refractivity contribution in [1.82, 2.24) is 0 Å². The summed E-state index contributed by atoms with van der Waals surface area (Å²) >= 11 is 21.7. The Morgan fingerprint density at radius 2 is 1.22 bits per heavy atom. The van der Waals surface area contributed by atoms with E-state index in [1.165, 1.54) is 16.7 Å². The summed E-state index contributed by atoms with van der Waals surface area (Å²) in [5.74, 6) is 0.349. The van der Waals surface area contributed by atoms with Crippen molar-refractivity contribution in [2.24, 2.45) is 0 Å². The molecule has 1 atom stereocenters. The van der Waals surface area contributed by atoms with Crippen molar-refractivity contribution in [3.63, 3.8) is 0 Å². The SMILES string of the molecule is [Ni].[S-]/C(CCc1ccccc1)=C(\[S-])c1ccccc1.[S-]C1=C([S-])c2ccccc2C(c2ccccc2)C1. The topological polar surface area (TPSA) is 0 Å². The van der Waals surface area contributed by atoms with Gasteiger partial charge in [-0.1, -0.05) is 122 Å². The number of fused-ring (bicyclic) bond motifs is 1. The molecule has 0 amide bonds. The first-order chi connectivity index (χ1) is 17.5. The molecule has 0 N–H and O–H groups in total. The molecule has 5 rings (SSSR count). The second-order valence-electron chi connectivity index (χ2n) is 8.61. The molecule has 4 aromatic carbocycles. The molecule has 0 nitrogen and oxygen atoms in total. The number of hydrogen-bond acceptors (Lipinski definition) is 4. The molecule has 0 heterocycles. The van der Waals surface area contributed by atoms with Crippen LogP contribution < -0.4 is 0 Å². The Morgan fingerprint density at radius 3 is 1.86 bits per heavy atom. The van der Waals surface area contributed by atoms with E-state index in [0.29, 0.717) is 5.92 Å². The van der Waals surface area contributed by atoms with E-state index in [1.807, 2.05) is 60.7 Å². The number of benzene rings is 4. The van der Waals surface area contributed by atoms with Crippen molar-refractivity contribution in [1.29, 1.82) is 0 Å². The molecule has 37 heavy (non-hydrogen) atoms. The predicted molar refractivity (Wildman–Crippen MR) is 164 cm³/mol. The molecule has 0 saturated carbocycles. The Morgan fingerprint density at radius 1 is 0.676 bits per heavy atom. The number of hydrogen-bond donors (Lipinski definition) is 0. The van der Waals surface area contributed by atoms with E-state index < -0.39 is 0 Å². The van der Waals surface area contributed by atoms with Gasteiger partial charge in [0.15, 0.2) is 0 Å². The van der Waals surface area contributed by atoms with Crippen LogP contribution in [-0.2, 0) is 73.4 Å². The maximum Gasteiger partial charge on any atom is 0.0115 e. The first-order valence-corrected chi connectivity index (χ1v) is 13.6. The van der Waals surface area contributed by atoms with E-state index >= 15 is 0 Å². The molecule has 0 aromatic heterocycles. The first kappa shape index (κ1) is 29.3.